The molecule has 0 atom stereocenters. The number of benzene rings is 3. The Kier molecular flexibility index (Phi) is 6.98. The number of nitrogens with one attached hydrogen (secondary N) is 1. The van der Waals surface area contributed by atoms with Crippen LogP contribution in [0.15, 0.2) is 89.7 Å². The van der Waals surface area contributed by atoms with Crippen LogP contribution in [0.3, 0.4) is 0 Å². The predicted octanol–water partition coefficient (Wildman–Crippen LogP) is 3.89. The molecular weight excluding hydrogens is 437 g/mol. The zero-order valence-electron chi connectivity index (χ0n) is 18.4. The van der Waals surface area contributed by atoms with Gasteiger partial charge in [0.15, 0.2) is 0 Å². The van der Waals surface area contributed by atoms with E-state index in [2.05, 4.69) is 10.4 Å². The minimum Gasteiger partial charge on any atom is -0.496 e. The smallest absolute Gasteiger partial charge is 0.271 e. The lowest BCUT2D eigenvalue weighted by Gasteiger charge is -2.11. The maximum absolute atomic E-state index is 13.3. The summed E-state index contributed by atoms with van der Waals surface area (Å²) in [6, 6.07) is 22.8. The average molecular weight is 459 g/mol. The molecule has 34 heavy (non-hydrogen) atoms. The summed E-state index contributed by atoms with van der Waals surface area (Å²) in [5.41, 5.74) is 2.06. The predicted molar refractivity (Wildman–Crippen MR) is 125 cm³/mol. The Balaban J connectivity index is 1.44. The van der Waals surface area contributed by atoms with E-state index >= 15 is 0 Å². The lowest BCUT2D eigenvalue weighted by atomic mass is 10.1. The molecule has 0 radical (unpaired) electrons. The van der Waals surface area contributed by atoms with Crippen molar-refractivity contribution in [1.29, 1.82) is 0 Å². The van der Waals surface area contributed by atoms with Gasteiger partial charge in [0, 0.05) is 29.8 Å². The van der Waals surface area contributed by atoms with Gasteiger partial charge < -0.3 is 14.8 Å². The Morgan fingerprint density at radius 1 is 1.00 bits per heavy atom. The van der Waals surface area contributed by atoms with Gasteiger partial charge in [-0.05, 0) is 48.0 Å². The Morgan fingerprint density at radius 2 is 1.79 bits per heavy atom. The third kappa shape index (κ3) is 5.47. The molecule has 7 nitrogen and oxygen atoms in total. The molecule has 0 spiro atoms. The molecular formula is C26H22FN3O4. The van der Waals surface area contributed by atoms with Crippen LogP contribution >= 0.6 is 0 Å². The van der Waals surface area contributed by atoms with E-state index in [1.807, 2.05) is 24.3 Å². The molecule has 0 aliphatic heterocycles. The number of halogens is 1. The van der Waals surface area contributed by atoms with Crippen molar-refractivity contribution in [3.63, 3.8) is 0 Å². The van der Waals surface area contributed by atoms with Gasteiger partial charge in [0.1, 0.15) is 18.2 Å². The molecule has 0 aliphatic rings. The van der Waals surface area contributed by atoms with Crippen molar-refractivity contribution in [3.8, 4) is 17.3 Å². The maximum atomic E-state index is 13.3. The molecule has 0 aliphatic carbocycles. The number of carbonyl (C=O) groups excluding carboxylic acids is 1. The molecule has 0 saturated heterocycles. The summed E-state index contributed by atoms with van der Waals surface area (Å²) < 4.78 is 25.4. The van der Waals surface area contributed by atoms with E-state index in [9.17, 15) is 14.0 Å². The second kappa shape index (κ2) is 10.4. The number of methoxy groups -OCH3 is 1. The highest BCUT2D eigenvalue weighted by molar-refractivity contribution is 5.94. The molecule has 4 aromatic rings. The molecule has 1 heterocycles. The van der Waals surface area contributed by atoms with Crippen LogP contribution < -0.4 is 20.3 Å². The van der Waals surface area contributed by atoms with Gasteiger partial charge in [-0.15, -0.1) is 5.10 Å². The van der Waals surface area contributed by atoms with E-state index in [-0.39, 0.29) is 29.8 Å². The van der Waals surface area contributed by atoms with Gasteiger partial charge in [-0.1, -0.05) is 30.3 Å². The summed E-state index contributed by atoms with van der Waals surface area (Å²) in [6.45, 7) is 0.421. The van der Waals surface area contributed by atoms with Gasteiger partial charge in [0.2, 0.25) is 5.88 Å². The summed E-state index contributed by atoms with van der Waals surface area (Å²) >= 11 is 0. The van der Waals surface area contributed by atoms with Crippen molar-refractivity contribution in [2.75, 3.05) is 7.11 Å². The van der Waals surface area contributed by atoms with Crippen LogP contribution in [0.5, 0.6) is 11.6 Å². The number of hydrogen-bond acceptors (Lipinski definition) is 5. The number of para-hydroxylation sites is 1. The van der Waals surface area contributed by atoms with Crippen LogP contribution in [0.4, 0.5) is 4.39 Å². The van der Waals surface area contributed by atoms with E-state index in [0.717, 1.165) is 5.56 Å². The van der Waals surface area contributed by atoms with Crippen LogP contribution in [0.25, 0.3) is 5.69 Å². The van der Waals surface area contributed by atoms with E-state index in [0.29, 0.717) is 29.1 Å². The molecule has 0 fully saturated rings. The third-order valence-corrected chi connectivity index (χ3v) is 5.06. The SMILES string of the molecule is COc1ccccc1CNC(=O)c1ccc(-n2nc(OCc3cccc(F)c3)ccc2=O)cc1. The summed E-state index contributed by atoms with van der Waals surface area (Å²) in [4.78, 5) is 24.9. The van der Waals surface area contributed by atoms with Crippen LogP contribution in [-0.2, 0) is 13.2 Å². The van der Waals surface area contributed by atoms with E-state index < -0.39 is 0 Å². The van der Waals surface area contributed by atoms with Crippen molar-refractivity contribution < 1.29 is 18.7 Å². The molecule has 1 N–H and O–H groups in total. The van der Waals surface area contributed by atoms with Crippen LogP contribution in [-0.4, -0.2) is 22.8 Å². The summed E-state index contributed by atoms with van der Waals surface area (Å²) in [5, 5.41) is 7.08. The fourth-order valence-corrected chi connectivity index (χ4v) is 3.32. The van der Waals surface area contributed by atoms with Gasteiger partial charge in [0.05, 0.1) is 12.8 Å². The highest BCUT2D eigenvalue weighted by Gasteiger charge is 2.10. The van der Waals surface area contributed by atoms with Crippen molar-refractivity contribution in [3.05, 3.63) is 118 Å². The highest BCUT2D eigenvalue weighted by atomic mass is 19.1. The first kappa shape index (κ1) is 22.7. The number of hydrogen-bond donors (Lipinski definition) is 1. The van der Waals surface area contributed by atoms with Gasteiger partial charge >= 0.3 is 0 Å². The fraction of sp³-hybridized carbons (Fsp3) is 0.115. The maximum Gasteiger partial charge on any atom is 0.271 e. The molecule has 8 heteroatoms. The van der Waals surface area contributed by atoms with Crippen LogP contribution in [0.2, 0.25) is 0 Å². The highest BCUT2D eigenvalue weighted by Crippen LogP contribution is 2.17. The first-order valence-corrected chi connectivity index (χ1v) is 10.5. The molecule has 1 aromatic heterocycles. The van der Waals surface area contributed by atoms with Gasteiger partial charge in [0.25, 0.3) is 11.5 Å². The number of rotatable bonds is 8. The van der Waals surface area contributed by atoms with Gasteiger partial charge in [-0.25, -0.2) is 4.39 Å². The van der Waals surface area contributed by atoms with E-state index in [1.165, 1.54) is 28.9 Å². The largest absolute Gasteiger partial charge is 0.496 e. The van der Waals surface area contributed by atoms with Crippen LogP contribution in [0, 0.1) is 5.82 Å². The standard InChI is InChI=1S/C26H22FN3O4/c1-33-23-8-3-2-6-20(23)16-28-26(32)19-9-11-22(12-10-19)30-25(31)14-13-24(29-30)34-17-18-5-4-7-21(27)15-18/h2-15H,16-17H2,1H3,(H,28,32). The quantitative estimate of drug-likeness (QED) is 0.432. The molecule has 0 unspecified atom stereocenters. The molecule has 172 valence electrons. The van der Waals surface area contributed by atoms with Crippen molar-refractivity contribution in [2.24, 2.45) is 0 Å². The second-order valence-electron chi connectivity index (χ2n) is 7.38. The minimum atomic E-state index is -0.355. The number of carbonyl (C=O) groups is 1. The molecule has 0 saturated carbocycles. The lowest BCUT2D eigenvalue weighted by molar-refractivity contribution is 0.0950. The van der Waals surface area contributed by atoms with E-state index in [1.54, 1.807) is 43.5 Å². The summed E-state index contributed by atoms with van der Waals surface area (Å²) in [7, 11) is 1.58. The Labute approximate surface area is 195 Å². The number of nitrogens with zero attached hydrogens (tertiary/aromatic N) is 2. The number of aromatic nitrogens is 2. The number of ether oxygens (including phenoxy) is 2. The topological polar surface area (TPSA) is 82.4 Å². The monoisotopic (exact) mass is 459 g/mol. The molecule has 4 rings (SSSR count). The minimum absolute atomic E-state index is 0.105. The fourth-order valence-electron chi connectivity index (χ4n) is 3.32. The zero-order chi connectivity index (χ0) is 23.9. The van der Waals surface area contributed by atoms with Gasteiger partial charge in [-0.3, -0.25) is 9.59 Å². The molecule has 3 aromatic carbocycles. The first-order valence-electron chi connectivity index (χ1n) is 10.5. The number of amides is 1. The third-order valence-electron chi connectivity index (χ3n) is 5.06. The van der Waals surface area contributed by atoms with Crippen molar-refractivity contribution in [2.45, 2.75) is 13.2 Å². The van der Waals surface area contributed by atoms with Crippen molar-refractivity contribution >= 4 is 5.91 Å². The lowest BCUT2D eigenvalue weighted by Crippen LogP contribution is -2.23. The molecule has 1 amide bonds. The summed E-state index contributed by atoms with van der Waals surface area (Å²) in [6.07, 6.45) is 0. The second-order valence-corrected chi connectivity index (χ2v) is 7.38. The normalized spacial score (nSPS) is 10.5. The zero-order valence-corrected chi connectivity index (χ0v) is 18.4. The van der Waals surface area contributed by atoms with Gasteiger partial charge in [-0.2, -0.15) is 4.68 Å². The van der Waals surface area contributed by atoms with E-state index in [4.69, 9.17) is 9.47 Å². The Bertz CT molecular complexity index is 1350. The molecule has 0 bridgehead atoms. The Morgan fingerprint density at radius 3 is 2.56 bits per heavy atom. The van der Waals surface area contributed by atoms with Crippen molar-refractivity contribution in [1.82, 2.24) is 15.1 Å². The average Bonchev–Trinajstić information content (AvgIpc) is 2.87. The van der Waals surface area contributed by atoms with Crippen LogP contribution in [0.1, 0.15) is 21.5 Å². The first-order chi connectivity index (χ1) is 16.5. The summed E-state index contributed by atoms with van der Waals surface area (Å²) in [5.74, 6) is 0.293. The Hall–Kier alpha value is -4.46.